The van der Waals surface area contributed by atoms with Crippen molar-refractivity contribution < 1.29 is 18.4 Å². The van der Waals surface area contributed by atoms with Gasteiger partial charge in [-0.1, -0.05) is 6.92 Å². The quantitative estimate of drug-likeness (QED) is 0.897. The number of hydrogen-bond donors (Lipinski definition) is 1. The van der Waals surface area contributed by atoms with E-state index in [1.54, 1.807) is 6.92 Å². The van der Waals surface area contributed by atoms with Crippen molar-refractivity contribution in [3.05, 3.63) is 34.9 Å². The van der Waals surface area contributed by atoms with Crippen LogP contribution in [0.15, 0.2) is 12.1 Å². The summed E-state index contributed by atoms with van der Waals surface area (Å²) in [7, 11) is 0. The van der Waals surface area contributed by atoms with E-state index in [9.17, 15) is 18.4 Å². The molecule has 0 aromatic heterocycles. The Labute approximate surface area is 104 Å². The lowest BCUT2D eigenvalue weighted by Crippen LogP contribution is -2.38. The molecule has 0 saturated heterocycles. The first-order valence-corrected chi connectivity index (χ1v) is 5.66. The lowest BCUT2D eigenvalue weighted by molar-refractivity contribution is -0.120. The van der Waals surface area contributed by atoms with Crippen molar-refractivity contribution in [3.8, 4) is 0 Å². The number of amides is 1. The summed E-state index contributed by atoms with van der Waals surface area (Å²) in [6.45, 7) is 4.64. The van der Waals surface area contributed by atoms with E-state index >= 15 is 0 Å². The van der Waals surface area contributed by atoms with Gasteiger partial charge in [0.2, 0.25) is 0 Å². The highest BCUT2D eigenvalue weighted by Crippen LogP contribution is 2.14. The van der Waals surface area contributed by atoms with E-state index in [0.29, 0.717) is 6.07 Å². The molecule has 0 spiro atoms. The number of aryl methyl sites for hydroxylation is 1. The summed E-state index contributed by atoms with van der Waals surface area (Å²) in [6, 6.07) is 1.10. The molecule has 0 aliphatic rings. The molecule has 0 saturated carbocycles. The van der Waals surface area contributed by atoms with Gasteiger partial charge in [0.15, 0.2) is 5.78 Å². The predicted molar refractivity (Wildman–Crippen MR) is 63.3 cm³/mol. The number of benzene rings is 1. The summed E-state index contributed by atoms with van der Waals surface area (Å²) in [5.74, 6) is -2.51. The van der Waals surface area contributed by atoms with E-state index in [2.05, 4.69) is 5.32 Å². The number of halogens is 2. The van der Waals surface area contributed by atoms with Crippen molar-refractivity contribution >= 4 is 11.7 Å². The van der Waals surface area contributed by atoms with E-state index < -0.39 is 23.6 Å². The van der Waals surface area contributed by atoms with Crippen molar-refractivity contribution in [3.63, 3.8) is 0 Å². The molecule has 98 valence electrons. The van der Waals surface area contributed by atoms with Gasteiger partial charge in [0.1, 0.15) is 11.6 Å². The van der Waals surface area contributed by atoms with Gasteiger partial charge in [-0.2, -0.15) is 0 Å². The van der Waals surface area contributed by atoms with Crippen LogP contribution in [-0.2, 0) is 4.79 Å². The van der Waals surface area contributed by atoms with E-state index in [1.807, 2.05) is 0 Å². The first-order valence-electron chi connectivity index (χ1n) is 5.66. The number of carbonyl (C=O) groups is 2. The fraction of sp³-hybridized carbons (Fsp3) is 0.385. The van der Waals surface area contributed by atoms with Crippen LogP contribution >= 0.6 is 0 Å². The van der Waals surface area contributed by atoms with E-state index in [1.165, 1.54) is 13.8 Å². The van der Waals surface area contributed by atoms with E-state index in [4.69, 9.17) is 0 Å². The average molecular weight is 255 g/mol. The summed E-state index contributed by atoms with van der Waals surface area (Å²) < 4.78 is 26.5. The van der Waals surface area contributed by atoms with Crippen molar-refractivity contribution in [2.45, 2.75) is 33.2 Å². The van der Waals surface area contributed by atoms with Crippen LogP contribution in [0.3, 0.4) is 0 Å². The fourth-order valence-electron chi connectivity index (χ4n) is 1.49. The van der Waals surface area contributed by atoms with Gasteiger partial charge >= 0.3 is 0 Å². The normalized spacial score (nSPS) is 12.1. The van der Waals surface area contributed by atoms with Gasteiger partial charge in [-0.25, -0.2) is 8.78 Å². The van der Waals surface area contributed by atoms with Crippen LogP contribution in [0.25, 0.3) is 0 Å². The fourth-order valence-corrected chi connectivity index (χ4v) is 1.49. The molecule has 0 bridgehead atoms. The van der Waals surface area contributed by atoms with Crippen molar-refractivity contribution in [1.82, 2.24) is 5.32 Å². The topological polar surface area (TPSA) is 46.2 Å². The molecule has 1 atom stereocenters. The molecule has 1 unspecified atom stereocenters. The Kier molecular flexibility index (Phi) is 4.53. The highest BCUT2D eigenvalue weighted by Gasteiger charge is 2.18. The van der Waals surface area contributed by atoms with Gasteiger partial charge in [-0.3, -0.25) is 9.59 Å². The minimum absolute atomic E-state index is 0.150. The van der Waals surface area contributed by atoms with Crippen molar-refractivity contribution in [1.29, 1.82) is 0 Å². The van der Waals surface area contributed by atoms with E-state index in [-0.39, 0.29) is 23.3 Å². The molecule has 3 nitrogen and oxygen atoms in total. The second-order valence-electron chi connectivity index (χ2n) is 4.10. The van der Waals surface area contributed by atoms with Gasteiger partial charge < -0.3 is 5.32 Å². The first kappa shape index (κ1) is 14.3. The first-order chi connectivity index (χ1) is 8.36. The van der Waals surface area contributed by atoms with Crippen LogP contribution in [0.4, 0.5) is 8.78 Å². The van der Waals surface area contributed by atoms with Gasteiger partial charge in [0.25, 0.3) is 5.91 Å². The molecule has 1 rings (SSSR count). The Morgan fingerprint density at radius 2 is 1.89 bits per heavy atom. The summed E-state index contributed by atoms with van der Waals surface area (Å²) >= 11 is 0. The monoisotopic (exact) mass is 255 g/mol. The molecular weight excluding hydrogens is 240 g/mol. The van der Waals surface area contributed by atoms with Gasteiger partial charge in [0.05, 0.1) is 11.6 Å². The molecule has 1 aromatic carbocycles. The Balaban J connectivity index is 2.91. The lowest BCUT2D eigenvalue weighted by atomic mass is 10.1. The minimum Gasteiger partial charge on any atom is -0.342 e. The molecule has 1 N–H and O–H groups in total. The number of carbonyl (C=O) groups excluding carboxylic acids is 2. The highest BCUT2D eigenvalue weighted by molar-refractivity contribution is 5.98. The number of rotatable bonds is 4. The minimum atomic E-state index is -0.938. The molecule has 18 heavy (non-hydrogen) atoms. The number of hydrogen-bond acceptors (Lipinski definition) is 2. The Morgan fingerprint density at radius 3 is 2.44 bits per heavy atom. The number of nitrogens with one attached hydrogen (secondary N) is 1. The molecule has 5 heteroatoms. The Hall–Kier alpha value is -1.78. The zero-order valence-electron chi connectivity index (χ0n) is 10.5. The SMILES string of the molecule is CCC(=O)C(C)NC(=O)c1cc(C)c(F)cc1F. The van der Waals surface area contributed by atoms with Crippen LogP contribution in [0.2, 0.25) is 0 Å². The summed E-state index contributed by atoms with van der Waals surface area (Å²) in [4.78, 5) is 23.1. The summed E-state index contributed by atoms with van der Waals surface area (Å²) in [5, 5.41) is 2.38. The molecule has 0 aliphatic heterocycles. The summed E-state index contributed by atoms with van der Waals surface area (Å²) in [6.07, 6.45) is 0.284. The molecule has 0 fully saturated rings. The van der Waals surface area contributed by atoms with Gasteiger partial charge in [0, 0.05) is 12.5 Å². The zero-order chi connectivity index (χ0) is 13.9. The molecular formula is C13H15F2NO2. The van der Waals surface area contributed by atoms with E-state index in [0.717, 1.165) is 6.07 Å². The lowest BCUT2D eigenvalue weighted by Gasteiger charge is -2.12. The van der Waals surface area contributed by atoms with Crippen LogP contribution in [0, 0.1) is 18.6 Å². The highest BCUT2D eigenvalue weighted by atomic mass is 19.1. The standard InChI is InChI=1S/C13H15F2NO2/c1-4-12(17)8(3)16-13(18)9-5-7(2)10(14)6-11(9)15/h5-6,8H,4H2,1-3H3,(H,16,18). The van der Waals surface area contributed by atoms with Crippen LogP contribution in [0.5, 0.6) is 0 Å². The Morgan fingerprint density at radius 1 is 1.28 bits per heavy atom. The largest absolute Gasteiger partial charge is 0.342 e. The third-order valence-corrected chi connectivity index (χ3v) is 2.67. The third kappa shape index (κ3) is 3.12. The molecule has 0 radical (unpaired) electrons. The maximum absolute atomic E-state index is 13.4. The predicted octanol–water partition coefficient (Wildman–Crippen LogP) is 2.37. The van der Waals surface area contributed by atoms with Crippen molar-refractivity contribution in [2.24, 2.45) is 0 Å². The van der Waals surface area contributed by atoms with Crippen LogP contribution in [-0.4, -0.2) is 17.7 Å². The molecule has 0 aliphatic carbocycles. The maximum atomic E-state index is 13.4. The average Bonchev–Trinajstić information content (AvgIpc) is 2.32. The second kappa shape index (κ2) is 5.71. The summed E-state index contributed by atoms with van der Waals surface area (Å²) in [5.41, 5.74) is -0.0827. The second-order valence-corrected chi connectivity index (χ2v) is 4.10. The van der Waals surface area contributed by atoms with Gasteiger partial charge in [-0.15, -0.1) is 0 Å². The molecule has 1 amide bonds. The van der Waals surface area contributed by atoms with Crippen LogP contribution in [0.1, 0.15) is 36.2 Å². The molecule has 0 heterocycles. The van der Waals surface area contributed by atoms with Crippen LogP contribution < -0.4 is 5.32 Å². The van der Waals surface area contributed by atoms with Gasteiger partial charge in [-0.05, 0) is 25.5 Å². The zero-order valence-corrected chi connectivity index (χ0v) is 10.5. The Bertz CT molecular complexity index is 486. The number of ketones is 1. The van der Waals surface area contributed by atoms with Crippen molar-refractivity contribution in [2.75, 3.05) is 0 Å². The number of Topliss-reactive ketones (excluding diaryl/α,β-unsaturated/α-hetero) is 1. The smallest absolute Gasteiger partial charge is 0.254 e. The maximum Gasteiger partial charge on any atom is 0.254 e. The molecule has 1 aromatic rings. The third-order valence-electron chi connectivity index (χ3n) is 2.67.